The maximum absolute atomic E-state index is 13.1. The van der Waals surface area contributed by atoms with Gasteiger partial charge in [-0.2, -0.15) is 0 Å². The number of rotatable bonds is 4. The lowest BCUT2D eigenvalue weighted by atomic mass is 9.85. The zero-order valence-electron chi connectivity index (χ0n) is 15.4. The average molecular weight is 364 g/mol. The smallest absolute Gasteiger partial charge is 0.274 e. The lowest BCUT2D eigenvalue weighted by Gasteiger charge is -2.21. The second-order valence-electron chi connectivity index (χ2n) is 7.58. The molecule has 0 bridgehead atoms. The van der Waals surface area contributed by atoms with E-state index in [-0.39, 0.29) is 17.7 Å². The zero-order valence-corrected chi connectivity index (χ0v) is 15.4. The highest BCUT2D eigenvalue weighted by molar-refractivity contribution is 5.93. The molecule has 2 N–H and O–H groups in total. The molecule has 2 amide bonds. The highest BCUT2D eigenvalue weighted by Crippen LogP contribution is 2.43. The first-order valence-corrected chi connectivity index (χ1v) is 9.49. The predicted molar refractivity (Wildman–Crippen MR) is 101 cm³/mol. The van der Waals surface area contributed by atoms with E-state index in [0.29, 0.717) is 12.1 Å². The molecule has 2 aromatic carbocycles. The number of carbonyl (C=O) groups is 2. The van der Waals surface area contributed by atoms with Gasteiger partial charge in [0.2, 0.25) is 5.91 Å². The summed E-state index contributed by atoms with van der Waals surface area (Å²) in [6.07, 6.45) is 2.72. The summed E-state index contributed by atoms with van der Waals surface area (Å²) in [6.45, 7) is 3.52. The van der Waals surface area contributed by atoms with Crippen molar-refractivity contribution in [2.45, 2.75) is 38.6 Å². The Bertz CT molecular complexity index is 893. The van der Waals surface area contributed by atoms with Crippen molar-refractivity contribution in [1.29, 1.82) is 0 Å². The molecule has 0 saturated carbocycles. The number of fused-ring (bicyclic) bond motifs is 1. The standard InChI is InChI=1S/C22H24N2O3/c1-14-4-2-3-5-17(14)13-24-11-10-19(22(24)26)18-9-8-15-6-7-16(12-20(15)18)21(25)23-27/h2-7,12,18-19,27H,8-11,13H2,1H3,(H,23,25). The molecular formula is C22H24N2O3. The van der Waals surface area contributed by atoms with Crippen LogP contribution in [0.15, 0.2) is 42.5 Å². The Hall–Kier alpha value is -2.66. The topological polar surface area (TPSA) is 69.6 Å². The summed E-state index contributed by atoms with van der Waals surface area (Å²) in [5.74, 6) is -0.168. The fourth-order valence-electron chi connectivity index (χ4n) is 4.54. The summed E-state index contributed by atoms with van der Waals surface area (Å²) in [5.41, 5.74) is 6.83. The normalized spacial score (nSPS) is 21.4. The molecule has 2 aromatic rings. The molecule has 1 saturated heterocycles. The van der Waals surface area contributed by atoms with E-state index < -0.39 is 5.91 Å². The minimum atomic E-state index is -0.512. The molecule has 5 heteroatoms. The molecule has 2 aliphatic rings. The fraction of sp³-hybridized carbons (Fsp3) is 0.364. The molecule has 4 rings (SSSR count). The van der Waals surface area contributed by atoms with Crippen molar-refractivity contribution in [3.05, 3.63) is 70.3 Å². The van der Waals surface area contributed by atoms with Gasteiger partial charge in [-0.05, 0) is 66.5 Å². The summed E-state index contributed by atoms with van der Waals surface area (Å²) in [6, 6.07) is 13.7. The van der Waals surface area contributed by atoms with E-state index in [1.807, 2.05) is 29.2 Å². The van der Waals surface area contributed by atoms with Gasteiger partial charge in [-0.1, -0.05) is 30.3 Å². The Morgan fingerprint density at radius 3 is 2.78 bits per heavy atom. The van der Waals surface area contributed by atoms with Crippen molar-refractivity contribution in [2.24, 2.45) is 5.92 Å². The largest absolute Gasteiger partial charge is 0.338 e. The third-order valence-corrected chi connectivity index (χ3v) is 6.08. The van der Waals surface area contributed by atoms with Crippen LogP contribution in [-0.2, 0) is 17.8 Å². The van der Waals surface area contributed by atoms with Gasteiger partial charge in [0.05, 0.1) is 0 Å². The molecule has 1 fully saturated rings. The number of hydroxylamine groups is 1. The van der Waals surface area contributed by atoms with Crippen LogP contribution in [0.1, 0.15) is 51.4 Å². The van der Waals surface area contributed by atoms with Crippen LogP contribution in [0.4, 0.5) is 0 Å². The van der Waals surface area contributed by atoms with Gasteiger partial charge in [0.15, 0.2) is 0 Å². The van der Waals surface area contributed by atoms with Crippen LogP contribution in [0.25, 0.3) is 0 Å². The number of hydrogen-bond donors (Lipinski definition) is 2. The van der Waals surface area contributed by atoms with Crippen molar-refractivity contribution in [2.75, 3.05) is 6.54 Å². The Labute approximate surface area is 159 Å². The van der Waals surface area contributed by atoms with Crippen molar-refractivity contribution in [1.82, 2.24) is 10.4 Å². The van der Waals surface area contributed by atoms with Crippen molar-refractivity contribution >= 4 is 11.8 Å². The molecular weight excluding hydrogens is 340 g/mol. The highest BCUT2D eigenvalue weighted by atomic mass is 16.5. The molecule has 0 aromatic heterocycles. The zero-order chi connectivity index (χ0) is 19.0. The Morgan fingerprint density at radius 1 is 1.19 bits per heavy atom. The first-order valence-electron chi connectivity index (χ1n) is 9.49. The molecule has 0 radical (unpaired) electrons. The second kappa shape index (κ2) is 7.16. The van der Waals surface area contributed by atoms with Crippen LogP contribution in [-0.4, -0.2) is 28.5 Å². The summed E-state index contributed by atoms with van der Waals surface area (Å²) in [4.78, 5) is 26.8. The van der Waals surface area contributed by atoms with Gasteiger partial charge in [0.25, 0.3) is 5.91 Å². The van der Waals surface area contributed by atoms with Crippen LogP contribution < -0.4 is 5.48 Å². The Balaban J connectivity index is 1.54. The number of likely N-dealkylation sites (tertiary alicyclic amines) is 1. The summed E-state index contributed by atoms with van der Waals surface area (Å²) < 4.78 is 0. The average Bonchev–Trinajstić information content (AvgIpc) is 3.26. The SMILES string of the molecule is Cc1ccccc1CN1CCC(C2CCc3ccc(C(=O)NO)cc32)C1=O. The number of hydrogen-bond acceptors (Lipinski definition) is 3. The number of amides is 2. The lowest BCUT2D eigenvalue weighted by Crippen LogP contribution is -2.29. The van der Waals surface area contributed by atoms with Gasteiger partial charge in [-0.15, -0.1) is 0 Å². The van der Waals surface area contributed by atoms with Gasteiger partial charge < -0.3 is 4.90 Å². The molecule has 2 unspecified atom stereocenters. The van der Waals surface area contributed by atoms with Gasteiger partial charge in [-0.25, -0.2) is 5.48 Å². The number of benzene rings is 2. The Morgan fingerprint density at radius 2 is 2.00 bits per heavy atom. The number of nitrogens with one attached hydrogen (secondary N) is 1. The minimum Gasteiger partial charge on any atom is -0.338 e. The van der Waals surface area contributed by atoms with Crippen LogP contribution in [0.3, 0.4) is 0 Å². The van der Waals surface area contributed by atoms with E-state index in [0.717, 1.165) is 31.4 Å². The van der Waals surface area contributed by atoms with Crippen LogP contribution in [0, 0.1) is 12.8 Å². The molecule has 2 atom stereocenters. The fourth-order valence-corrected chi connectivity index (χ4v) is 4.54. The van der Waals surface area contributed by atoms with E-state index in [4.69, 9.17) is 5.21 Å². The van der Waals surface area contributed by atoms with E-state index in [1.54, 1.807) is 11.5 Å². The maximum atomic E-state index is 13.1. The van der Waals surface area contributed by atoms with Gasteiger partial charge >= 0.3 is 0 Å². The van der Waals surface area contributed by atoms with Gasteiger partial charge in [0, 0.05) is 24.6 Å². The third kappa shape index (κ3) is 3.23. The van der Waals surface area contributed by atoms with Crippen LogP contribution >= 0.6 is 0 Å². The lowest BCUT2D eigenvalue weighted by molar-refractivity contribution is -0.132. The minimum absolute atomic E-state index is 0.0253. The van der Waals surface area contributed by atoms with Crippen LogP contribution in [0.2, 0.25) is 0 Å². The second-order valence-corrected chi connectivity index (χ2v) is 7.58. The number of aryl methyl sites for hydroxylation is 2. The Kier molecular flexibility index (Phi) is 4.70. The van der Waals surface area contributed by atoms with E-state index in [2.05, 4.69) is 19.1 Å². The van der Waals surface area contributed by atoms with E-state index in [9.17, 15) is 9.59 Å². The third-order valence-electron chi connectivity index (χ3n) is 6.08. The van der Waals surface area contributed by atoms with E-state index in [1.165, 1.54) is 16.7 Å². The number of nitrogens with zero attached hydrogens (tertiary/aromatic N) is 1. The predicted octanol–water partition coefficient (Wildman–Crippen LogP) is 3.19. The van der Waals surface area contributed by atoms with Crippen molar-refractivity contribution in [3.8, 4) is 0 Å². The number of carbonyl (C=O) groups excluding carboxylic acids is 2. The van der Waals surface area contributed by atoms with Gasteiger partial charge in [0.1, 0.15) is 0 Å². The summed E-state index contributed by atoms with van der Waals surface area (Å²) >= 11 is 0. The van der Waals surface area contributed by atoms with Crippen LogP contribution in [0.5, 0.6) is 0 Å². The quantitative estimate of drug-likeness (QED) is 0.647. The summed E-state index contributed by atoms with van der Waals surface area (Å²) in [5, 5.41) is 8.89. The van der Waals surface area contributed by atoms with Gasteiger partial charge in [-0.3, -0.25) is 14.8 Å². The molecule has 1 aliphatic heterocycles. The molecule has 0 spiro atoms. The van der Waals surface area contributed by atoms with E-state index >= 15 is 0 Å². The monoisotopic (exact) mass is 364 g/mol. The molecule has 27 heavy (non-hydrogen) atoms. The maximum Gasteiger partial charge on any atom is 0.274 e. The molecule has 5 nitrogen and oxygen atoms in total. The van der Waals surface area contributed by atoms with Crippen molar-refractivity contribution in [3.63, 3.8) is 0 Å². The first kappa shape index (κ1) is 17.7. The molecule has 1 aliphatic carbocycles. The highest BCUT2D eigenvalue weighted by Gasteiger charge is 2.40. The molecule has 1 heterocycles. The molecule has 140 valence electrons. The summed E-state index contributed by atoms with van der Waals surface area (Å²) in [7, 11) is 0. The van der Waals surface area contributed by atoms with Crippen molar-refractivity contribution < 1.29 is 14.8 Å². The first-order chi connectivity index (χ1) is 13.1.